The van der Waals surface area contributed by atoms with Gasteiger partial charge in [-0.1, -0.05) is 18.2 Å². The summed E-state index contributed by atoms with van der Waals surface area (Å²) in [6.45, 7) is -0.966. The van der Waals surface area contributed by atoms with Crippen LogP contribution in [0.15, 0.2) is 35.7 Å². The number of ether oxygens (including phenoxy) is 1. The van der Waals surface area contributed by atoms with Crippen LogP contribution in [0.25, 0.3) is 0 Å². The lowest BCUT2D eigenvalue weighted by Crippen LogP contribution is -2.32. The van der Waals surface area contributed by atoms with E-state index < -0.39 is 16.4 Å². The van der Waals surface area contributed by atoms with Gasteiger partial charge in [0.05, 0.1) is 5.75 Å². The van der Waals surface area contributed by atoms with Crippen LogP contribution in [0.2, 0.25) is 0 Å². The van der Waals surface area contributed by atoms with Crippen molar-refractivity contribution in [1.29, 1.82) is 0 Å². The van der Waals surface area contributed by atoms with E-state index in [-0.39, 0.29) is 23.6 Å². The number of hydrogen-bond donors (Lipinski definition) is 1. The van der Waals surface area contributed by atoms with Gasteiger partial charge < -0.3 is 10.1 Å². The van der Waals surface area contributed by atoms with Gasteiger partial charge in [-0.3, -0.25) is 0 Å². The fraction of sp³-hybridized carbons (Fsp3) is 0.385. The Bertz CT molecular complexity index is 584. The molecule has 4 nitrogen and oxygen atoms in total. The van der Waals surface area contributed by atoms with Gasteiger partial charge in [-0.2, -0.15) is 8.78 Å². The Morgan fingerprint density at radius 3 is 2.45 bits per heavy atom. The Morgan fingerprint density at radius 1 is 1.30 bits per heavy atom. The van der Waals surface area contributed by atoms with Crippen LogP contribution in [0, 0.1) is 0 Å². The molecule has 20 heavy (non-hydrogen) atoms. The average molecular weight is 303 g/mol. The van der Waals surface area contributed by atoms with Gasteiger partial charge in [0.1, 0.15) is 5.75 Å². The van der Waals surface area contributed by atoms with Gasteiger partial charge >= 0.3 is 6.61 Å². The maximum Gasteiger partial charge on any atom is 0.387 e. The van der Waals surface area contributed by atoms with Gasteiger partial charge in [-0.05, 0) is 24.6 Å². The predicted octanol–water partition coefficient (Wildman–Crippen LogP) is 2.25. The zero-order valence-electron chi connectivity index (χ0n) is 10.8. The summed E-state index contributed by atoms with van der Waals surface area (Å²) in [5, 5.41) is 4.36. The molecule has 0 fully saturated rings. The van der Waals surface area contributed by atoms with Gasteiger partial charge in [0.15, 0.2) is 9.84 Å². The molecule has 0 aliphatic carbocycles. The number of nitrogens with one attached hydrogen (secondary N) is 1. The summed E-state index contributed by atoms with van der Waals surface area (Å²) in [6.07, 6.45) is 1.61. The van der Waals surface area contributed by atoms with E-state index in [1.54, 1.807) is 18.2 Å². The largest absolute Gasteiger partial charge is 0.435 e. The summed E-state index contributed by atoms with van der Waals surface area (Å²) < 4.78 is 50.9. The molecule has 2 rings (SSSR count). The van der Waals surface area contributed by atoms with Crippen LogP contribution in [-0.4, -0.2) is 26.8 Å². The van der Waals surface area contributed by atoms with E-state index in [0.717, 1.165) is 5.56 Å². The third kappa shape index (κ3) is 4.01. The van der Waals surface area contributed by atoms with Crippen LogP contribution >= 0.6 is 0 Å². The number of alkyl halides is 2. The van der Waals surface area contributed by atoms with Crippen molar-refractivity contribution in [3.63, 3.8) is 0 Å². The molecule has 0 amide bonds. The average Bonchev–Trinajstić information content (AvgIpc) is 2.68. The summed E-state index contributed by atoms with van der Waals surface area (Å²) >= 11 is 0. The van der Waals surface area contributed by atoms with Crippen LogP contribution < -0.4 is 10.1 Å². The number of hydrogen-bond acceptors (Lipinski definition) is 4. The smallest absolute Gasteiger partial charge is 0.387 e. The van der Waals surface area contributed by atoms with E-state index >= 15 is 0 Å². The minimum atomic E-state index is -3.09. The second-order valence-corrected chi connectivity index (χ2v) is 6.53. The summed E-state index contributed by atoms with van der Waals surface area (Å²) in [6, 6.07) is 5.93. The van der Waals surface area contributed by atoms with Crippen molar-refractivity contribution in [2.75, 3.05) is 5.75 Å². The zero-order valence-corrected chi connectivity index (χ0v) is 11.6. The number of sulfone groups is 1. The van der Waals surface area contributed by atoms with Crippen LogP contribution in [0.5, 0.6) is 5.75 Å². The highest BCUT2D eigenvalue weighted by Crippen LogP contribution is 2.20. The lowest BCUT2D eigenvalue weighted by molar-refractivity contribution is -0.0498. The van der Waals surface area contributed by atoms with Crippen molar-refractivity contribution < 1.29 is 21.9 Å². The van der Waals surface area contributed by atoms with E-state index in [4.69, 9.17) is 0 Å². The van der Waals surface area contributed by atoms with Crippen molar-refractivity contribution in [3.8, 4) is 5.75 Å². The Balaban J connectivity index is 1.96. The fourth-order valence-electron chi connectivity index (χ4n) is 2.03. The van der Waals surface area contributed by atoms with Crippen molar-refractivity contribution in [2.24, 2.45) is 0 Å². The maximum absolute atomic E-state index is 12.0. The molecule has 7 heteroatoms. The molecule has 1 aliphatic heterocycles. The Labute approximate surface area is 116 Å². The molecule has 1 aromatic carbocycles. The maximum atomic E-state index is 12.0. The predicted molar refractivity (Wildman–Crippen MR) is 71.3 cm³/mol. The van der Waals surface area contributed by atoms with Crippen molar-refractivity contribution in [3.05, 3.63) is 41.3 Å². The number of benzene rings is 1. The van der Waals surface area contributed by atoms with E-state index in [1.165, 1.54) is 17.5 Å². The van der Waals surface area contributed by atoms with Gasteiger partial charge in [0.2, 0.25) is 0 Å². The number of halogens is 2. The monoisotopic (exact) mass is 303 g/mol. The molecular formula is C13H15F2NO3S. The van der Waals surface area contributed by atoms with Gasteiger partial charge in [-0.25, -0.2) is 8.42 Å². The van der Waals surface area contributed by atoms with E-state index in [1.807, 2.05) is 6.92 Å². The summed E-state index contributed by atoms with van der Waals surface area (Å²) in [5.41, 5.74) is 0.865. The molecule has 2 atom stereocenters. The molecule has 0 radical (unpaired) electrons. The van der Waals surface area contributed by atoms with E-state index in [2.05, 4.69) is 10.1 Å². The summed E-state index contributed by atoms with van der Waals surface area (Å²) in [5.74, 6) is 0.142. The highest BCUT2D eigenvalue weighted by molar-refractivity contribution is 7.94. The van der Waals surface area contributed by atoms with E-state index in [0.29, 0.717) is 0 Å². The molecule has 1 aliphatic rings. The Morgan fingerprint density at radius 2 is 1.95 bits per heavy atom. The molecule has 110 valence electrons. The molecule has 0 saturated carbocycles. The molecule has 1 N–H and O–H groups in total. The standard InChI is InChI=1S/C13H15F2NO3S/c1-9(16-11-6-7-20(17,18)8-11)10-2-4-12(5-3-10)19-13(14)15/h2-7,9,11,13,16H,8H2,1H3. The van der Waals surface area contributed by atoms with Crippen LogP contribution in [0.1, 0.15) is 18.5 Å². The zero-order chi connectivity index (χ0) is 14.8. The summed E-state index contributed by atoms with van der Waals surface area (Å²) in [4.78, 5) is 0. The fourth-order valence-corrected chi connectivity index (χ4v) is 3.28. The van der Waals surface area contributed by atoms with Gasteiger partial charge in [0.25, 0.3) is 0 Å². The van der Waals surface area contributed by atoms with Gasteiger partial charge in [-0.15, -0.1) is 0 Å². The molecule has 0 aromatic heterocycles. The SMILES string of the molecule is CC(NC1C=CS(=O)(=O)C1)c1ccc(OC(F)F)cc1. The summed E-state index contributed by atoms with van der Waals surface area (Å²) in [7, 11) is -3.09. The highest BCUT2D eigenvalue weighted by Gasteiger charge is 2.23. The lowest BCUT2D eigenvalue weighted by Gasteiger charge is -2.18. The van der Waals surface area contributed by atoms with Crippen molar-refractivity contribution in [2.45, 2.75) is 25.6 Å². The van der Waals surface area contributed by atoms with Gasteiger partial charge in [0, 0.05) is 17.5 Å². The molecule has 2 unspecified atom stereocenters. The molecular weight excluding hydrogens is 288 g/mol. The van der Waals surface area contributed by atoms with Crippen LogP contribution in [0.3, 0.4) is 0 Å². The third-order valence-corrected chi connectivity index (χ3v) is 4.39. The molecule has 0 spiro atoms. The van der Waals surface area contributed by atoms with E-state index in [9.17, 15) is 17.2 Å². The molecule has 1 heterocycles. The molecule has 1 aromatic rings. The normalized spacial score (nSPS) is 22.1. The first kappa shape index (κ1) is 14.9. The quantitative estimate of drug-likeness (QED) is 0.906. The van der Waals surface area contributed by atoms with Crippen LogP contribution in [0.4, 0.5) is 8.78 Å². The highest BCUT2D eigenvalue weighted by atomic mass is 32.2. The Kier molecular flexibility index (Phi) is 4.39. The molecule has 0 saturated heterocycles. The number of rotatable bonds is 5. The Hall–Kier alpha value is -1.47. The topological polar surface area (TPSA) is 55.4 Å². The van der Waals surface area contributed by atoms with Crippen molar-refractivity contribution in [1.82, 2.24) is 5.32 Å². The second kappa shape index (κ2) is 5.88. The first-order chi connectivity index (χ1) is 9.35. The first-order valence-electron chi connectivity index (χ1n) is 6.07. The van der Waals surface area contributed by atoms with Crippen LogP contribution in [-0.2, 0) is 9.84 Å². The first-order valence-corrected chi connectivity index (χ1v) is 7.79. The minimum Gasteiger partial charge on any atom is -0.435 e. The minimum absolute atomic E-state index is 0.0456. The lowest BCUT2D eigenvalue weighted by atomic mass is 10.1. The molecule has 0 bridgehead atoms. The van der Waals surface area contributed by atoms with Crippen molar-refractivity contribution >= 4 is 9.84 Å². The third-order valence-electron chi connectivity index (χ3n) is 3.00. The second-order valence-electron chi connectivity index (χ2n) is 4.60.